The summed E-state index contributed by atoms with van der Waals surface area (Å²) < 4.78 is 6.69. The first-order chi connectivity index (χ1) is 9.02. The number of ether oxygens (including phenoxy) is 1. The minimum absolute atomic E-state index is 0.472. The van der Waals surface area contributed by atoms with Crippen molar-refractivity contribution in [3.05, 3.63) is 22.7 Å². The number of hydrogen-bond donors (Lipinski definition) is 0. The molecule has 0 aliphatic heterocycles. The summed E-state index contributed by atoms with van der Waals surface area (Å²) in [5.74, 6) is 1.88. The summed E-state index contributed by atoms with van der Waals surface area (Å²) in [7, 11) is 1.72. The maximum atomic E-state index is 5.46. The number of aromatic nitrogens is 1. The fraction of sp³-hybridized carbons (Fsp3) is 0.562. The molecule has 0 aliphatic rings. The number of fused-ring (bicyclic) bond motifs is 1. The molecule has 0 unspecified atom stereocenters. The molecule has 2 rings (SSSR count). The average Bonchev–Trinajstić information content (AvgIpc) is 2.83. The fourth-order valence-electron chi connectivity index (χ4n) is 1.77. The van der Waals surface area contributed by atoms with Gasteiger partial charge in [0.05, 0.1) is 16.8 Å². The molecule has 2 aromatic rings. The first kappa shape index (κ1) is 16.0. The third-order valence-corrected chi connectivity index (χ3v) is 4.18. The molecule has 0 saturated carbocycles. The Morgan fingerprint density at radius 2 is 1.68 bits per heavy atom. The van der Waals surface area contributed by atoms with Gasteiger partial charge in [0.2, 0.25) is 0 Å². The van der Waals surface area contributed by atoms with Crippen LogP contribution in [-0.2, 0) is 0 Å². The average molecular weight is 279 g/mol. The van der Waals surface area contributed by atoms with Crippen molar-refractivity contribution in [2.24, 2.45) is 0 Å². The molecule has 0 N–H and O–H groups in total. The van der Waals surface area contributed by atoms with Gasteiger partial charge in [-0.3, -0.25) is 0 Å². The molecule has 0 amide bonds. The highest BCUT2D eigenvalue weighted by Gasteiger charge is 2.13. The van der Waals surface area contributed by atoms with E-state index in [4.69, 9.17) is 4.74 Å². The normalized spacial score (nSPS) is 10.8. The predicted octanol–water partition coefficient (Wildman–Crippen LogP) is 5.58. The SMILES string of the molecule is CC.COc1cc(C(C)C)cc2sc(C(C)C)nc12. The Bertz CT molecular complexity index is 529. The van der Waals surface area contributed by atoms with Crippen LogP contribution >= 0.6 is 11.3 Å². The number of benzene rings is 1. The number of thiazole rings is 1. The van der Waals surface area contributed by atoms with E-state index >= 15 is 0 Å². The Kier molecular flexibility index (Phi) is 5.80. The molecular weight excluding hydrogens is 254 g/mol. The molecule has 0 spiro atoms. The summed E-state index contributed by atoms with van der Waals surface area (Å²) >= 11 is 1.78. The standard InChI is InChI=1S/C14H19NOS.C2H6/c1-8(2)10-6-11(16-5)13-12(7-10)17-14(15-13)9(3)4;1-2/h6-9H,1-5H3;1-2H3. The predicted molar refractivity (Wildman–Crippen MR) is 85.7 cm³/mol. The van der Waals surface area contributed by atoms with Crippen LogP contribution < -0.4 is 4.74 Å². The zero-order valence-corrected chi connectivity index (χ0v) is 13.9. The Morgan fingerprint density at radius 3 is 2.16 bits per heavy atom. The van der Waals surface area contributed by atoms with Crippen LogP contribution in [0.3, 0.4) is 0 Å². The topological polar surface area (TPSA) is 22.1 Å². The van der Waals surface area contributed by atoms with Crippen molar-refractivity contribution >= 4 is 21.6 Å². The quantitative estimate of drug-likeness (QED) is 0.732. The van der Waals surface area contributed by atoms with E-state index in [2.05, 4.69) is 44.8 Å². The van der Waals surface area contributed by atoms with Crippen LogP contribution in [0.4, 0.5) is 0 Å². The second kappa shape index (κ2) is 6.90. The first-order valence-corrected chi connectivity index (χ1v) is 7.83. The van der Waals surface area contributed by atoms with Gasteiger partial charge in [0.1, 0.15) is 11.3 Å². The molecule has 0 fully saturated rings. The van der Waals surface area contributed by atoms with E-state index < -0.39 is 0 Å². The van der Waals surface area contributed by atoms with Gasteiger partial charge in [0, 0.05) is 5.92 Å². The molecule has 0 bridgehead atoms. The number of nitrogens with zero attached hydrogens (tertiary/aromatic N) is 1. The van der Waals surface area contributed by atoms with Crippen molar-refractivity contribution in [1.82, 2.24) is 4.98 Å². The number of hydrogen-bond acceptors (Lipinski definition) is 3. The van der Waals surface area contributed by atoms with Crippen LogP contribution in [-0.4, -0.2) is 12.1 Å². The summed E-state index contributed by atoms with van der Waals surface area (Å²) in [6.45, 7) is 12.7. The van der Waals surface area contributed by atoms with Crippen molar-refractivity contribution < 1.29 is 4.74 Å². The molecule has 1 heterocycles. The summed E-state index contributed by atoms with van der Waals surface area (Å²) in [6.07, 6.45) is 0. The van der Waals surface area contributed by atoms with Crippen LogP contribution in [0, 0.1) is 0 Å². The van der Waals surface area contributed by atoms with Crippen LogP contribution in [0.25, 0.3) is 10.2 Å². The number of rotatable bonds is 3. The van der Waals surface area contributed by atoms with Gasteiger partial charge >= 0.3 is 0 Å². The lowest BCUT2D eigenvalue weighted by molar-refractivity contribution is 0.418. The molecule has 0 radical (unpaired) electrons. The molecule has 3 heteroatoms. The zero-order valence-electron chi connectivity index (χ0n) is 13.1. The van der Waals surface area contributed by atoms with Crippen molar-refractivity contribution in [2.75, 3.05) is 7.11 Å². The molecule has 0 atom stereocenters. The highest BCUT2D eigenvalue weighted by atomic mass is 32.1. The van der Waals surface area contributed by atoms with E-state index in [0.717, 1.165) is 11.3 Å². The van der Waals surface area contributed by atoms with E-state index in [-0.39, 0.29) is 0 Å². The summed E-state index contributed by atoms with van der Waals surface area (Å²) in [4.78, 5) is 4.68. The Morgan fingerprint density at radius 1 is 1.05 bits per heavy atom. The summed E-state index contributed by atoms with van der Waals surface area (Å²) in [5, 5.41) is 1.18. The molecule has 19 heavy (non-hydrogen) atoms. The molecule has 2 nitrogen and oxygen atoms in total. The Hall–Kier alpha value is -1.09. The van der Waals surface area contributed by atoms with Crippen LogP contribution in [0.5, 0.6) is 5.75 Å². The van der Waals surface area contributed by atoms with E-state index in [1.165, 1.54) is 15.3 Å². The molecule has 106 valence electrons. The third-order valence-electron chi connectivity index (χ3n) is 2.88. The maximum absolute atomic E-state index is 5.46. The largest absolute Gasteiger partial charge is 0.494 e. The summed E-state index contributed by atoms with van der Waals surface area (Å²) in [5.41, 5.74) is 2.32. The van der Waals surface area contributed by atoms with Crippen molar-refractivity contribution in [3.8, 4) is 5.75 Å². The van der Waals surface area contributed by atoms with Gasteiger partial charge in [-0.25, -0.2) is 4.98 Å². The van der Waals surface area contributed by atoms with E-state index in [0.29, 0.717) is 11.8 Å². The first-order valence-electron chi connectivity index (χ1n) is 7.01. The molecule has 0 saturated heterocycles. The lowest BCUT2D eigenvalue weighted by Gasteiger charge is -2.08. The molecule has 1 aromatic carbocycles. The Labute approximate surface area is 120 Å². The van der Waals surface area contributed by atoms with Crippen LogP contribution in [0.2, 0.25) is 0 Å². The van der Waals surface area contributed by atoms with Gasteiger partial charge in [-0.05, 0) is 23.6 Å². The number of methoxy groups -OCH3 is 1. The van der Waals surface area contributed by atoms with Crippen LogP contribution in [0.1, 0.15) is 63.9 Å². The van der Waals surface area contributed by atoms with Gasteiger partial charge in [-0.1, -0.05) is 41.5 Å². The Balaban J connectivity index is 0.000000861. The minimum Gasteiger partial charge on any atom is -0.494 e. The van der Waals surface area contributed by atoms with Gasteiger partial charge in [0.15, 0.2) is 0 Å². The third kappa shape index (κ3) is 3.47. The van der Waals surface area contributed by atoms with Gasteiger partial charge < -0.3 is 4.74 Å². The van der Waals surface area contributed by atoms with E-state index in [9.17, 15) is 0 Å². The van der Waals surface area contributed by atoms with Gasteiger partial charge in [-0.15, -0.1) is 11.3 Å². The van der Waals surface area contributed by atoms with Crippen molar-refractivity contribution in [1.29, 1.82) is 0 Å². The maximum Gasteiger partial charge on any atom is 0.146 e. The van der Waals surface area contributed by atoms with Crippen LogP contribution in [0.15, 0.2) is 12.1 Å². The lowest BCUT2D eigenvalue weighted by atomic mass is 10.0. The van der Waals surface area contributed by atoms with E-state index in [1.54, 1.807) is 18.4 Å². The highest BCUT2D eigenvalue weighted by Crippen LogP contribution is 2.35. The second-order valence-corrected chi connectivity index (χ2v) is 5.99. The monoisotopic (exact) mass is 279 g/mol. The minimum atomic E-state index is 0.472. The smallest absolute Gasteiger partial charge is 0.146 e. The molecule has 1 aromatic heterocycles. The lowest BCUT2D eigenvalue weighted by Crippen LogP contribution is -1.91. The van der Waals surface area contributed by atoms with Crippen molar-refractivity contribution in [3.63, 3.8) is 0 Å². The highest BCUT2D eigenvalue weighted by molar-refractivity contribution is 7.18. The van der Waals surface area contributed by atoms with Crippen molar-refractivity contribution in [2.45, 2.75) is 53.4 Å². The second-order valence-electron chi connectivity index (χ2n) is 4.93. The summed E-state index contributed by atoms with van der Waals surface area (Å²) in [6, 6.07) is 4.35. The molecular formula is C16H25NOS. The van der Waals surface area contributed by atoms with E-state index in [1.807, 2.05) is 13.8 Å². The fourth-order valence-corrected chi connectivity index (χ4v) is 2.81. The molecule has 0 aliphatic carbocycles. The zero-order chi connectivity index (χ0) is 14.6. The van der Waals surface area contributed by atoms with Gasteiger partial charge in [0.25, 0.3) is 0 Å². The van der Waals surface area contributed by atoms with Gasteiger partial charge in [-0.2, -0.15) is 0 Å².